The van der Waals surface area contributed by atoms with E-state index >= 15 is 0 Å². The summed E-state index contributed by atoms with van der Waals surface area (Å²) < 4.78 is 33.3. The van der Waals surface area contributed by atoms with E-state index in [0.717, 1.165) is 26.9 Å². The minimum atomic E-state index is -4.04. The molecule has 0 fully saturated rings. The van der Waals surface area contributed by atoms with Gasteiger partial charge in [-0.1, -0.05) is 44.2 Å². The van der Waals surface area contributed by atoms with Crippen molar-refractivity contribution in [3.05, 3.63) is 76.2 Å². The highest BCUT2D eigenvalue weighted by Gasteiger charge is 2.31. The first-order chi connectivity index (χ1) is 17.6. The van der Waals surface area contributed by atoms with E-state index < -0.39 is 28.4 Å². The molecule has 1 aromatic heterocycles. The number of anilines is 2. The summed E-state index contributed by atoms with van der Waals surface area (Å²) in [5.41, 5.74) is 2.66. The third-order valence-electron chi connectivity index (χ3n) is 6.36. The van der Waals surface area contributed by atoms with Crippen LogP contribution < -0.4 is 9.62 Å². The monoisotopic (exact) mass is 541 g/mol. The molecule has 1 N–H and O–H groups in total. The lowest BCUT2D eigenvalue weighted by molar-refractivity contribution is -0.114. The zero-order chi connectivity index (χ0) is 26.7. The van der Waals surface area contributed by atoms with Crippen molar-refractivity contribution < 1.29 is 22.7 Å². The topological polar surface area (TPSA) is 96.0 Å². The van der Waals surface area contributed by atoms with Gasteiger partial charge in [-0.05, 0) is 54.8 Å². The summed E-state index contributed by atoms with van der Waals surface area (Å²) in [5.74, 6) is -0.794. The van der Waals surface area contributed by atoms with Crippen molar-refractivity contribution in [3.8, 4) is 0 Å². The molecule has 0 saturated heterocycles. The van der Waals surface area contributed by atoms with Crippen LogP contribution in [0.5, 0.6) is 0 Å². The lowest BCUT2D eigenvalue weighted by atomic mass is 10.0. The second kappa shape index (κ2) is 11.0. The van der Waals surface area contributed by atoms with E-state index in [1.165, 1.54) is 30.6 Å². The van der Waals surface area contributed by atoms with Gasteiger partial charge in [-0.25, -0.2) is 13.2 Å². The number of fused-ring (bicyclic) bond motifs is 1. The molecule has 0 unspecified atom stereocenters. The molecule has 0 spiro atoms. The van der Waals surface area contributed by atoms with Crippen LogP contribution in [0.25, 0.3) is 0 Å². The lowest BCUT2D eigenvalue weighted by Gasteiger charge is -2.24. The average molecular weight is 542 g/mol. The van der Waals surface area contributed by atoms with Crippen LogP contribution in [-0.4, -0.2) is 52.4 Å². The molecule has 1 amide bonds. The number of nitrogens with zero attached hydrogens (tertiary/aromatic N) is 2. The summed E-state index contributed by atoms with van der Waals surface area (Å²) in [7, 11) is -0.735. The first-order valence-corrected chi connectivity index (χ1v) is 14.3. The van der Waals surface area contributed by atoms with E-state index in [0.29, 0.717) is 29.2 Å². The van der Waals surface area contributed by atoms with Crippen LogP contribution in [0.1, 0.15) is 46.1 Å². The number of esters is 1. The van der Waals surface area contributed by atoms with E-state index in [4.69, 9.17) is 4.74 Å². The number of amides is 1. The van der Waals surface area contributed by atoms with Crippen molar-refractivity contribution in [3.63, 3.8) is 0 Å². The smallest absolute Gasteiger partial charge is 0.341 e. The van der Waals surface area contributed by atoms with Gasteiger partial charge in [0.15, 0.2) is 0 Å². The maximum atomic E-state index is 13.6. The maximum absolute atomic E-state index is 13.6. The molecule has 37 heavy (non-hydrogen) atoms. The first-order valence-electron chi connectivity index (χ1n) is 12.0. The fourth-order valence-corrected chi connectivity index (χ4v) is 7.07. The zero-order valence-corrected chi connectivity index (χ0v) is 23.0. The van der Waals surface area contributed by atoms with Crippen LogP contribution in [0.3, 0.4) is 0 Å². The van der Waals surface area contributed by atoms with Gasteiger partial charge in [0.25, 0.3) is 10.0 Å². The molecule has 8 nitrogen and oxygen atoms in total. The Labute approximate surface area is 221 Å². The number of hydrogen-bond donors (Lipinski definition) is 1. The molecule has 0 radical (unpaired) electrons. The Morgan fingerprint density at radius 2 is 1.78 bits per heavy atom. The SMILES string of the molecule is COC(=O)c1c(NC(=O)CN(c2ccc(C(C)C)cc2)S(=O)(=O)c2ccccc2)sc2c1CCN(C)C2. The summed E-state index contributed by atoms with van der Waals surface area (Å²) in [5, 5.41) is 3.18. The van der Waals surface area contributed by atoms with Gasteiger partial charge >= 0.3 is 5.97 Å². The summed E-state index contributed by atoms with van der Waals surface area (Å²) in [4.78, 5) is 29.1. The van der Waals surface area contributed by atoms with Crippen molar-refractivity contribution in [1.82, 2.24) is 4.90 Å². The number of hydrogen-bond acceptors (Lipinski definition) is 7. The number of ether oxygens (including phenoxy) is 1. The van der Waals surface area contributed by atoms with E-state index in [9.17, 15) is 18.0 Å². The first kappa shape index (κ1) is 26.8. The second-order valence-electron chi connectivity index (χ2n) is 9.31. The molecule has 1 aliphatic heterocycles. The van der Waals surface area contributed by atoms with Crippen molar-refractivity contribution in [1.29, 1.82) is 0 Å². The van der Waals surface area contributed by atoms with Gasteiger partial charge in [-0.15, -0.1) is 11.3 Å². The van der Waals surface area contributed by atoms with Crippen LogP contribution in [0.15, 0.2) is 59.5 Å². The van der Waals surface area contributed by atoms with Crippen LogP contribution in [0, 0.1) is 0 Å². The minimum Gasteiger partial charge on any atom is -0.465 e. The molecule has 0 bridgehead atoms. The normalized spacial score (nSPS) is 13.8. The minimum absolute atomic E-state index is 0.0839. The van der Waals surface area contributed by atoms with Gasteiger partial charge in [0.2, 0.25) is 5.91 Å². The van der Waals surface area contributed by atoms with E-state index in [2.05, 4.69) is 24.1 Å². The molecule has 3 aromatic rings. The van der Waals surface area contributed by atoms with Crippen LogP contribution >= 0.6 is 11.3 Å². The summed E-state index contributed by atoms with van der Waals surface area (Å²) in [6.45, 7) is 5.10. The fourth-order valence-electron chi connectivity index (χ4n) is 4.29. The Morgan fingerprint density at radius 1 is 1.11 bits per heavy atom. The van der Waals surface area contributed by atoms with E-state index in [1.54, 1.807) is 30.3 Å². The van der Waals surface area contributed by atoms with E-state index in [1.807, 2.05) is 19.2 Å². The van der Waals surface area contributed by atoms with Crippen LogP contribution in [0.4, 0.5) is 10.7 Å². The fraction of sp³-hybridized carbons (Fsp3) is 0.333. The highest BCUT2D eigenvalue weighted by molar-refractivity contribution is 7.92. The Hall–Kier alpha value is -3.21. The van der Waals surface area contributed by atoms with Crippen LogP contribution in [0.2, 0.25) is 0 Å². The molecule has 196 valence electrons. The van der Waals surface area contributed by atoms with Gasteiger partial charge in [-0.3, -0.25) is 9.10 Å². The Morgan fingerprint density at radius 3 is 2.41 bits per heavy atom. The number of carbonyl (C=O) groups excluding carboxylic acids is 2. The van der Waals surface area contributed by atoms with E-state index in [-0.39, 0.29) is 10.8 Å². The number of carbonyl (C=O) groups is 2. The predicted octanol–water partition coefficient (Wildman–Crippen LogP) is 4.48. The summed E-state index contributed by atoms with van der Waals surface area (Å²) in [6, 6.07) is 15.2. The quantitative estimate of drug-likeness (QED) is 0.423. The van der Waals surface area contributed by atoms with Crippen molar-refractivity contribution in [2.45, 2.75) is 37.6 Å². The van der Waals surface area contributed by atoms with Crippen molar-refractivity contribution in [2.75, 3.05) is 36.9 Å². The third kappa shape index (κ3) is 5.71. The number of benzene rings is 2. The number of thiophene rings is 1. The van der Waals surface area contributed by atoms with Crippen LogP contribution in [-0.2, 0) is 32.5 Å². The van der Waals surface area contributed by atoms with Gasteiger partial charge in [0, 0.05) is 18.0 Å². The molecule has 4 rings (SSSR count). The van der Waals surface area contributed by atoms with Crippen molar-refractivity contribution >= 4 is 43.9 Å². The van der Waals surface area contributed by atoms with Crippen molar-refractivity contribution in [2.24, 2.45) is 0 Å². The molecular weight excluding hydrogens is 510 g/mol. The third-order valence-corrected chi connectivity index (χ3v) is 9.28. The largest absolute Gasteiger partial charge is 0.465 e. The molecule has 1 aliphatic rings. The summed E-state index contributed by atoms with van der Waals surface area (Å²) in [6.07, 6.45) is 0.666. The summed E-state index contributed by atoms with van der Waals surface area (Å²) >= 11 is 1.33. The number of nitrogens with one attached hydrogen (secondary N) is 1. The number of methoxy groups -OCH3 is 1. The number of rotatable bonds is 8. The zero-order valence-electron chi connectivity index (χ0n) is 21.4. The highest BCUT2D eigenvalue weighted by atomic mass is 32.2. The molecule has 0 atom stereocenters. The molecule has 2 aromatic carbocycles. The van der Waals surface area contributed by atoms with Gasteiger partial charge in [-0.2, -0.15) is 0 Å². The standard InChI is InChI=1S/C27H31N3O5S2/c1-18(2)19-10-12-20(13-11-19)30(37(33,34)21-8-6-5-7-9-21)17-24(31)28-26-25(27(32)35-4)22-14-15-29(3)16-23(22)36-26/h5-13,18H,14-17H2,1-4H3,(H,28,31). The van der Waals surface area contributed by atoms with Gasteiger partial charge < -0.3 is 15.0 Å². The maximum Gasteiger partial charge on any atom is 0.341 e. The molecular formula is C27H31N3O5S2. The molecule has 0 aliphatic carbocycles. The predicted molar refractivity (Wildman–Crippen MR) is 146 cm³/mol. The number of sulfonamides is 1. The molecule has 0 saturated carbocycles. The molecule has 2 heterocycles. The Balaban J connectivity index is 1.67. The van der Waals surface area contributed by atoms with Gasteiger partial charge in [0.05, 0.1) is 23.3 Å². The lowest BCUT2D eigenvalue weighted by Crippen LogP contribution is -2.38. The Kier molecular flexibility index (Phi) is 8.01. The Bertz CT molecular complexity index is 1380. The average Bonchev–Trinajstić information content (AvgIpc) is 3.23. The second-order valence-corrected chi connectivity index (χ2v) is 12.3. The number of likely N-dealkylation sites (N-methyl/N-ethyl adjacent to an activating group) is 1. The highest BCUT2D eigenvalue weighted by Crippen LogP contribution is 2.37. The molecule has 10 heteroatoms. The van der Waals surface area contributed by atoms with Gasteiger partial charge in [0.1, 0.15) is 11.5 Å².